The molecule has 4 aromatic carbocycles. The summed E-state index contributed by atoms with van der Waals surface area (Å²) < 4.78 is 0. The van der Waals surface area contributed by atoms with Gasteiger partial charge in [0.1, 0.15) is 0 Å². The summed E-state index contributed by atoms with van der Waals surface area (Å²) in [5.74, 6) is 6.58. The van der Waals surface area contributed by atoms with Crippen molar-refractivity contribution in [3.05, 3.63) is 96.1 Å². The van der Waals surface area contributed by atoms with Gasteiger partial charge in [-0.1, -0.05) is 72.5 Å². The monoisotopic (exact) mass is 277 g/mol. The number of benzene rings is 4. The molecule has 0 amide bonds. The Bertz CT molecular complexity index is 1020. The molecule has 0 saturated carbocycles. The maximum absolute atomic E-state index is 3.30. The van der Waals surface area contributed by atoms with Crippen molar-refractivity contribution in [3.63, 3.8) is 0 Å². The molecule has 0 fully saturated rings. The maximum Gasteiger partial charge on any atom is 0.0327 e. The molecular weight excluding hydrogens is 264 g/mol. The summed E-state index contributed by atoms with van der Waals surface area (Å²) >= 11 is 0. The maximum atomic E-state index is 3.30. The molecule has 22 heavy (non-hydrogen) atoms. The smallest absolute Gasteiger partial charge is 0.0327 e. The highest BCUT2D eigenvalue weighted by Crippen LogP contribution is 2.18. The highest BCUT2D eigenvalue weighted by Gasteiger charge is 1.97. The van der Waals surface area contributed by atoms with Gasteiger partial charge in [-0.25, -0.2) is 0 Å². The number of rotatable bonds is 0. The van der Waals surface area contributed by atoms with Crippen LogP contribution in [-0.2, 0) is 0 Å². The lowest BCUT2D eigenvalue weighted by molar-refractivity contribution is 1.67. The predicted octanol–water partition coefficient (Wildman–Crippen LogP) is 5.19. The van der Waals surface area contributed by atoms with E-state index >= 15 is 0 Å². The van der Waals surface area contributed by atoms with Crippen LogP contribution in [0, 0.1) is 17.9 Å². The van der Waals surface area contributed by atoms with Crippen LogP contribution in [0.4, 0.5) is 0 Å². The molecule has 0 bridgehead atoms. The van der Waals surface area contributed by atoms with E-state index in [1.54, 1.807) is 0 Å². The van der Waals surface area contributed by atoms with Crippen molar-refractivity contribution >= 4 is 21.5 Å². The molecule has 0 aromatic heterocycles. The Hall–Kier alpha value is -3.04. The average Bonchev–Trinajstić information content (AvgIpc) is 2.60. The van der Waals surface area contributed by atoms with Crippen molar-refractivity contribution in [1.29, 1.82) is 0 Å². The molecule has 4 aromatic rings. The van der Waals surface area contributed by atoms with Crippen LogP contribution >= 0.6 is 0 Å². The Morgan fingerprint density at radius 1 is 0.682 bits per heavy atom. The SMILES string of the molecule is C(#Cc1cccc2[c]cccc12)c1ccc2ccccc2c1. The molecule has 0 N–H and O–H groups in total. The molecule has 1 radical (unpaired) electrons. The van der Waals surface area contributed by atoms with E-state index in [0.717, 1.165) is 21.9 Å². The lowest BCUT2D eigenvalue weighted by Crippen LogP contribution is -1.80. The summed E-state index contributed by atoms with van der Waals surface area (Å²) in [5.41, 5.74) is 2.08. The number of hydrogen-bond acceptors (Lipinski definition) is 0. The van der Waals surface area contributed by atoms with Crippen LogP contribution in [0.3, 0.4) is 0 Å². The van der Waals surface area contributed by atoms with Gasteiger partial charge < -0.3 is 0 Å². The van der Waals surface area contributed by atoms with Crippen molar-refractivity contribution in [2.45, 2.75) is 0 Å². The molecule has 0 atom stereocenters. The second-order valence-corrected chi connectivity index (χ2v) is 5.25. The largest absolute Gasteiger partial charge is 0.0616 e. The summed E-state index contributed by atoms with van der Waals surface area (Å²) in [5, 5.41) is 4.72. The molecule has 0 heterocycles. The van der Waals surface area contributed by atoms with E-state index < -0.39 is 0 Å². The van der Waals surface area contributed by atoms with E-state index in [0.29, 0.717) is 0 Å². The molecule has 0 aliphatic heterocycles. The van der Waals surface area contributed by atoms with Gasteiger partial charge in [0.2, 0.25) is 0 Å². The van der Waals surface area contributed by atoms with Crippen LogP contribution in [0.2, 0.25) is 0 Å². The van der Waals surface area contributed by atoms with Crippen LogP contribution < -0.4 is 0 Å². The van der Waals surface area contributed by atoms with Gasteiger partial charge in [-0.3, -0.25) is 0 Å². The zero-order chi connectivity index (χ0) is 14.8. The summed E-state index contributed by atoms with van der Waals surface area (Å²) in [6.07, 6.45) is 0. The minimum absolute atomic E-state index is 1.04. The fraction of sp³-hybridized carbons (Fsp3) is 0. The summed E-state index contributed by atoms with van der Waals surface area (Å²) in [7, 11) is 0. The zero-order valence-electron chi connectivity index (χ0n) is 12.0. The van der Waals surface area contributed by atoms with Gasteiger partial charge in [0.25, 0.3) is 0 Å². The minimum Gasteiger partial charge on any atom is -0.0616 e. The Morgan fingerprint density at radius 2 is 1.59 bits per heavy atom. The Kier molecular flexibility index (Phi) is 3.11. The van der Waals surface area contributed by atoms with Crippen molar-refractivity contribution in [3.8, 4) is 11.8 Å². The van der Waals surface area contributed by atoms with Crippen molar-refractivity contribution in [1.82, 2.24) is 0 Å². The third-order valence-electron chi connectivity index (χ3n) is 3.80. The third-order valence-corrected chi connectivity index (χ3v) is 3.80. The average molecular weight is 277 g/mol. The highest BCUT2D eigenvalue weighted by atomic mass is 14.0. The molecule has 0 spiro atoms. The quantitative estimate of drug-likeness (QED) is 0.388. The van der Waals surface area contributed by atoms with Gasteiger partial charge in [-0.15, -0.1) is 0 Å². The van der Waals surface area contributed by atoms with E-state index in [9.17, 15) is 0 Å². The first kappa shape index (κ1) is 12.7. The van der Waals surface area contributed by atoms with Crippen molar-refractivity contribution in [2.24, 2.45) is 0 Å². The van der Waals surface area contributed by atoms with Crippen molar-refractivity contribution in [2.75, 3.05) is 0 Å². The minimum atomic E-state index is 1.04. The molecule has 0 nitrogen and oxygen atoms in total. The standard InChI is InChI=1S/C22H13/c1-2-8-21-16-17(12-14-18(21)6-1)13-15-20-10-5-9-19-7-3-4-11-22(19)20/h1-6,8-12,14,16H. The summed E-state index contributed by atoms with van der Waals surface area (Å²) in [6, 6.07) is 30.1. The number of fused-ring (bicyclic) bond motifs is 2. The summed E-state index contributed by atoms with van der Waals surface area (Å²) in [4.78, 5) is 0. The molecule has 4 rings (SSSR count). The topological polar surface area (TPSA) is 0 Å². The molecule has 0 aliphatic rings. The summed E-state index contributed by atoms with van der Waals surface area (Å²) in [6.45, 7) is 0. The van der Waals surface area contributed by atoms with Gasteiger partial charge in [-0.05, 0) is 45.8 Å². The molecule has 0 unspecified atom stereocenters. The number of hydrogen-bond donors (Lipinski definition) is 0. The van der Waals surface area contributed by atoms with Gasteiger partial charge in [0.15, 0.2) is 0 Å². The third kappa shape index (κ3) is 2.34. The van der Waals surface area contributed by atoms with Crippen LogP contribution in [0.25, 0.3) is 21.5 Å². The fourth-order valence-electron chi connectivity index (χ4n) is 2.67. The predicted molar refractivity (Wildman–Crippen MR) is 92.7 cm³/mol. The first-order valence-corrected chi connectivity index (χ1v) is 7.30. The molecule has 0 heteroatoms. The van der Waals surface area contributed by atoms with E-state index in [1.807, 2.05) is 18.2 Å². The first-order valence-electron chi connectivity index (χ1n) is 7.30. The van der Waals surface area contributed by atoms with Gasteiger partial charge in [-0.2, -0.15) is 0 Å². The Balaban J connectivity index is 1.80. The van der Waals surface area contributed by atoms with Crippen molar-refractivity contribution < 1.29 is 0 Å². The first-order chi connectivity index (χ1) is 10.9. The van der Waals surface area contributed by atoms with E-state index in [4.69, 9.17) is 0 Å². The normalized spacial score (nSPS) is 10.4. The fourth-order valence-corrected chi connectivity index (χ4v) is 2.67. The lowest BCUT2D eigenvalue weighted by Gasteiger charge is -1.99. The van der Waals surface area contributed by atoms with E-state index in [2.05, 4.69) is 78.6 Å². The molecule has 0 saturated heterocycles. The van der Waals surface area contributed by atoms with E-state index in [-0.39, 0.29) is 0 Å². The highest BCUT2D eigenvalue weighted by molar-refractivity contribution is 5.88. The van der Waals surface area contributed by atoms with Gasteiger partial charge in [0, 0.05) is 11.1 Å². The molecular formula is C22H13. The molecule has 0 aliphatic carbocycles. The second kappa shape index (κ2) is 5.39. The molecule has 101 valence electrons. The van der Waals surface area contributed by atoms with Crippen LogP contribution in [0.15, 0.2) is 78.9 Å². The van der Waals surface area contributed by atoms with Crippen LogP contribution in [0.5, 0.6) is 0 Å². The Labute approximate surface area is 130 Å². The van der Waals surface area contributed by atoms with Gasteiger partial charge in [0.05, 0.1) is 0 Å². The second-order valence-electron chi connectivity index (χ2n) is 5.25. The Morgan fingerprint density at radius 3 is 2.55 bits per heavy atom. The van der Waals surface area contributed by atoms with Crippen LogP contribution in [-0.4, -0.2) is 0 Å². The van der Waals surface area contributed by atoms with Crippen LogP contribution in [0.1, 0.15) is 11.1 Å². The van der Waals surface area contributed by atoms with Gasteiger partial charge >= 0.3 is 0 Å². The van der Waals surface area contributed by atoms with E-state index in [1.165, 1.54) is 10.8 Å². The zero-order valence-corrected chi connectivity index (χ0v) is 12.0. The lowest BCUT2D eigenvalue weighted by atomic mass is 10.0.